The van der Waals surface area contributed by atoms with Gasteiger partial charge in [-0.25, -0.2) is 4.39 Å². The van der Waals surface area contributed by atoms with E-state index >= 15 is 0 Å². The van der Waals surface area contributed by atoms with Gasteiger partial charge >= 0.3 is 0 Å². The summed E-state index contributed by atoms with van der Waals surface area (Å²) in [7, 11) is 1.58. The number of nitrogens with two attached hydrogens (primary N) is 1. The Bertz CT molecular complexity index is 355. The summed E-state index contributed by atoms with van der Waals surface area (Å²) < 4.78 is 18.6. The Labute approximate surface area is 101 Å². The quantitative estimate of drug-likeness (QED) is 0.888. The molecule has 2 N–H and O–H groups in total. The topological polar surface area (TPSA) is 35.2 Å². The second-order valence-corrected chi connectivity index (χ2v) is 4.10. The van der Waals surface area contributed by atoms with E-state index in [2.05, 4.69) is 0 Å². The Morgan fingerprint density at radius 3 is 2.62 bits per heavy atom. The fourth-order valence-corrected chi connectivity index (χ4v) is 1.96. The molecule has 1 aromatic rings. The smallest absolute Gasteiger partial charge is 0.128 e. The number of rotatable bonds is 3. The largest absolute Gasteiger partial charge is 0.497 e. The fraction of sp³-hybridized carbons (Fsp3) is 0.500. The van der Waals surface area contributed by atoms with Crippen LogP contribution in [0.1, 0.15) is 30.9 Å². The number of hydrogen-bond acceptors (Lipinski definition) is 2. The minimum Gasteiger partial charge on any atom is -0.497 e. The number of hydrogen-bond donors (Lipinski definition) is 1. The molecule has 0 aliphatic heterocycles. The molecule has 0 bridgehead atoms. The fourth-order valence-electron chi connectivity index (χ4n) is 1.96. The minimum atomic E-state index is -0.227. The first kappa shape index (κ1) is 13.3. The Balaban J connectivity index is 0.00000128. The molecule has 1 saturated carbocycles. The molecule has 2 nitrogen and oxygen atoms in total. The molecular weight excluding hydrogens is 229 g/mol. The lowest BCUT2D eigenvalue weighted by atomic mass is 9.77. The molecule has 1 fully saturated rings. The van der Waals surface area contributed by atoms with Crippen LogP contribution in [0.4, 0.5) is 4.39 Å². The number of methoxy groups -OCH3 is 1. The van der Waals surface area contributed by atoms with Gasteiger partial charge in [-0.05, 0) is 37.0 Å². The molecule has 1 atom stereocenters. The predicted molar refractivity (Wildman–Crippen MR) is 64.5 cm³/mol. The molecule has 90 valence electrons. The summed E-state index contributed by atoms with van der Waals surface area (Å²) in [6.07, 6.45) is 3.43. The lowest BCUT2D eigenvalue weighted by Gasteiger charge is -2.31. The van der Waals surface area contributed by atoms with Gasteiger partial charge in [0.1, 0.15) is 11.6 Å². The number of ether oxygens (including phenoxy) is 1. The zero-order valence-electron chi connectivity index (χ0n) is 9.28. The van der Waals surface area contributed by atoms with Gasteiger partial charge in [0.25, 0.3) is 0 Å². The van der Waals surface area contributed by atoms with Crippen molar-refractivity contribution in [3.8, 4) is 5.75 Å². The van der Waals surface area contributed by atoms with Crippen LogP contribution in [0.25, 0.3) is 0 Å². The first-order chi connectivity index (χ1) is 7.22. The molecule has 1 aromatic carbocycles. The molecule has 2 rings (SSSR count). The molecule has 0 saturated heterocycles. The maximum Gasteiger partial charge on any atom is 0.128 e. The van der Waals surface area contributed by atoms with Crippen molar-refractivity contribution in [1.82, 2.24) is 0 Å². The van der Waals surface area contributed by atoms with Crippen molar-refractivity contribution in [3.05, 3.63) is 29.6 Å². The monoisotopic (exact) mass is 245 g/mol. The van der Waals surface area contributed by atoms with Gasteiger partial charge in [-0.1, -0.05) is 6.42 Å². The first-order valence-corrected chi connectivity index (χ1v) is 5.31. The molecule has 0 heterocycles. The van der Waals surface area contributed by atoms with E-state index in [4.69, 9.17) is 10.5 Å². The van der Waals surface area contributed by atoms with Crippen LogP contribution in [0.5, 0.6) is 5.75 Å². The Kier molecular flexibility index (Phi) is 4.56. The molecule has 0 aromatic heterocycles. The third-order valence-electron chi connectivity index (χ3n) is 3.22. The van der Waals surface area contributed by atoms with Crippen LogP contribution >= 0.6 is 12.4 Å². The highest BCUT2D eigenvalue weighted by Crippen LogP contribution is 2.37. The van der Waals surface area contributed by atoms with Crippen LogP contribution in [0.3, 0.4) is 0 Å². The summed E-state index contributed by atoms with van der Waals surface area (Å²) in [5, 5.41) is 0. The predicted octanol–water partition coefficient (Wildman–Crippen LogP) is 3.06. The van der Waals surface area contributed by atoms with Crippen LogP contribution in [0.15, 0.2) is 18.2 Å². The van der Waals surface area contributed by atoms with E-state index in [0.717, 1.165) is 12.8 Å². The highest BCUT2D eigenvalue weighted by molar-refractivity contribution is 5.85. The zero-order chi connectivity index (χ0) is 10.8. The summed E-state index contributed by atoms with van der Waals surface area (Å²) in [4.78, 5) is 0. The van der Waals surface area contributed by atoms with Crippen molar-refractivity contribution in [2.75, 3.05) is 7.11 Å². The van der Waals surface area contributed by atoms with E-state index in [-0.39, 0.29) is 24.3 Å². The van der Waals surface area contributed by atoms with E-state index in [0.29, 0.717) is 17.2 Å². The molecule has 1 aliphatic carbocycles. The average molecular weight is 246 g/mol. The van der Waals surface area contributed by atoms with E-state index in [1.54, 1.807) is 19.2 Å². The van der Waals surface area contributed by atoms with Crippen molar-refractivity contribution in [3.63, 3.8) is 0 Å². The Hall–Kier alpha value is -0.800. The van der Waals surface area contributed by atoms with Crippen LogP contribution < -0.4 is 10.5 Å². The van der Waals surface area contributed by atoms with Gasteiger partial charge in [-0.3, -0.25) is 0 Å². The van der Waals surface area contributed by atoms with Gasteiger partial charge in [0.15, 0.2) is 0 Å². The minimum absolute atomic E-state index is 0. The van der Waals surface area contributed by atoms with E-state index in [1.807, 2.05) is 0 Å². The van der Waals surface area contributed by atoms with Crippen LogP contribution in [0.2, 0.25) is 0 Å². The number of benzene rings is 1. The van der Waals surface area contributed by atoms with Crippen molar-refractivity contribution in [2.24, 2.45) is 11.7 Å². The molecule has 0 radical (unpaired) electrons. The van der Waals surface area contributed by atoms with Crippen LogP contribution in [-0.2, 0) is 0 Å². The van der Waals surface area contributed by atoms with E-state index in [1.165, 1.54) is 12.5 Å². The third-order valence-corrected chi connectivity index (χ3v) is 3.22. The Morgan fingerprint density at radius 1 is 1.44 bits per heavy atom. The van der Waals surface area contributed by atoms with Gasteiger partial charge in [-0.15, -0.1) is 12.4 Å². The van der Waals surface area contributed by atoms with E-state index < -0.39 is 0 Å². The van der Waals surface area contributed by atoms with Gasteiger partial charge in [0.05, 0.1) is 7.11 Å². The van der Waals surface area contributed by atoms with Crippen molar-refractivity contribution < 1.29 is 9.13 Å². The van der Waals surface area contributed by atoms with Crippen molar-refractivity contribution >= 4 is 12.4 Å². The van der Waals surface area contributed by atoms with E-state index in [9.17, 15) is 4.39 Å². The van der Waals surface area contributed by atoms with Crippen LogP contribution in [-0.4, -0.2) is 7.11 Å². The van der Waals surface area contributed by atoms with Gasteiger partial charge in [0, 0.05) is 11.6 Å². The second kappa shape index (κ2) is 5.51. The SMILES string of the molecule is COc1ccc(F)c([C@H](N)C2CCC2)c1.Cl. The molecule has 0 amide bonds. The van der Waals surface area contributed by atoms with Crippen LogP contribution in [0, 0.1) is 11.7 Å². The summed E-state index contributed by atoms with van der Waals surface area (Å²) in [5.41, 5.74) is 6.61. The molecular formula is C12H17ClFNO. The van der Waals surface area contributed by atoms with Gasteiger partial charge in [0.2, 0.25) is 0 Å². The molecule has 4 heteroatoms. The zero-order valence-corrected chi connectivity index (χ0v) is 10.1. The summed E-state index contributed by atoms with van der Waals surface area (Å²) in [5.74, 6) is 0.878. The van der Waals surface area contributed by atoms with Gasteiger partial charge in [-0.2, -0.15) is 0 Å². The summed E-state index contributed by atoms with van der Waals surface area (Å²) >= 11 is 0. The van der Waals surface area contributed by atoms with Crippen molar-refractivity contribution in [1.29, 1.82) is 0 Å². The first-order valence-electron chi connectivity index (χ1n) is 5.31. The standard InChI is InChI=1S/C12H16FNO.ClH/c1-15-9-5-6-11(13)10(7-9)12(14)8-3-2-4-8;/h5-8,12H,2-4,14H2,1H3;1H/t12-;/m1./s1. The van der Waals surface area contributed by atoms with Gasteiger partial charge < -0.3 is 10.5 Å². The maximum atomic E-state index is 13.5. The number of halogens is 2. The Morgan fingerprint density at radius 2 is 2.12 bits per heavy atom. The maximum absolute atomic E-state index is 13.5. The highest BCUT2D eigenvalue weighted by atomic mass is 35.5. The highest BCUT2D eigenvalue weighted by Gasteiger charge is 2.27. The molecule has 16 heavy (non-hydrogen) atoms. The second-order valence-electron chi connectivity index (χ2n) is 4.10. The third kappa shape index (κ3) is 2.47. The molecule has 0 unspecified atom stereocenters. The lowest BCUT2D eigenvalue weighted by molar-refractivity contribution is 0.260. The molecule has 1 aliphatic rings. The normalized spacial score (nSPS) is 17.2. The lowest BCUT2D eigenvalue weighted by Crippen LogP contribution is -2.27. The summed E-state index contributed by atoms with van der Waals surface area (Å²) in [6.45, 7) is 0. The average Bonchev–Trinajstić information content (AvgIpc) is 2.15. The summed E-state index contributed by atoms with van der Waals surface area (Å²) in [6, 6.07) is 4.56. The molecule has 0 spiro atoms. The van der Waals surface area contributed by atoms with Crippen molar-refractivity contribution in [2.45, 2.75) is 25.3 Å².